The highest BCUT2D eigenvalue weighted by Crippen LogP contribution is 2.15. The van der Waals surface area contributed by atoms with Crippen molar-refractivity contribution in [3.8, 4) is 0 Å². The summed E-state index contributed by atoms with van der Waals surface area (Å²) in [5, 5.41) is 0. The van der Waals surface area contributed by atoms with Gasteiger partial charge in [-0.3, -0.25) is 4.90 Å². The highest BCUT2D eigenvalue weighted by atomic mass is 15.4. The van der Waals surface area contributed by atoms with Crippen molar-refractivity contribution in [1.82, 2.24) is 4.90 Å². The van der Waals surface area contributed by atoms with Crippen LogP contribution in [-0.2, 0) is 0 Å². The Morgan fingerprint density at radius 2 is 1.17 bits per heavy atom. The smallest absolute Gasteiger partial charge is 0.0969 e. The summed E-state index contributed by atoms with van der Waals surface area (Å²) in [5.41, 5.74) is 0. The zero-order valence-electron chi connectivity index (χ0n) is 20.4. The molecule has 0 aromatic carbocycles. The number of quaternary nitrogens is 1. The molecule has 1 fully saturated rings. The minimum atomic E-state index is 1.13. The number of nitrogens with zero attached hydrogens (tertiary/aromatic N) is 2. The second kappa shape index (κ2) is 18.4. The normalized spacial score (nSPS) is 20.6. The molecule has 0 spiro atoms. The Balaban J connectivity index is 1.82. The molecule has 0 N–H and O–H groups in total. The van der Waals surface area contributed by atoms with Gasteiger partial charge in [-0.1, -0.05) is 110 Å². The maximum atomic E-state index is 3.94. The molecule has 1 saturated heterocycles. The van der Waals surface area contributed by atoms with Crippen LogP contribution in [0.25, 0.3) is 0 Å². The van der Waals surface area contributed by atoms with Gasteiger partial charge in [0.05, 0.1) is 26.7 Å². The molecule has 1 rings (SSSR count). The van der Waals surface area contributed by atoms with Gasteiger partial charge in [0.2, 0.25) is 0 Å². The highest BCUT2D eigenvalue weighted by Gasteiger charge is 2.24. The molecule has 2 heteroatoms. The Hall–Kier alpha value is -0.340. The van der Waals surface area contributed by atoms with Crippen LogP contribution in [0.4, 0.5) is 0 Å². The monoisotopic (exact) mass is 407 g/mol. The van der Waals surface area contributed by atoms with Crippen molar-refractivity contribution in [2.75, 3.05) is 46.3 Å². The Kier molecular flexibility index (Phi) is 17.0. The van der Waals surface area contributed by atoms with Gasteiger partial charge < -0.3 is 4.48 Å². The van der Waals surface area contributed by atoms with Crippen LogP contribution in [0, 0.1) is 0 Å². The zero-order chi connectivity index (χ0) is 21.0. The molecule has 0 aromatic heterocycles. The molecule has 1 aliphatic rings. The molecule has 2 nitrogen and oxygen atoms in total. The summed E-state index contributed by atoms with van der Waals surface area (Å²) in [7, 11) is 2.40. The Labute approximate surface area is 184 Å². The van der Waals surface area contributed by atoms with E-state index in [9.17, 15) is 0 Å². The molecule has 0 radical (unpaired) electrons. The van der Waals surface area contributed by atoms with Crippen molar-refractivity contribution in [3.63, 3.8) is 0 Å². The van der Waals surface area contributed by atoms with Gasteiger partial charge in [-0.25, -0.2) is 0 Å². The SMILES string of the molecule is C=CC[N+]1(C)CCCN(CCCCCCCCCCCCCCCCCC)CC1. The molecule has 0 saturated carbocycles. The Morgan fingerprint density at radius 3 is 1.66 bits per heavy atom. The first-order chi connectivity index (χ1) is 14.2. The standard InChI is InChI=1S/C27H55N2/c1-4-6-7-8-9-10-11-12-13-14-15-16-17-18-19-20-22-28-23-21-26-29(3,25-5-2)27-24-28/h5H,2,4,6-27H2,1,3H3/q+1. The van der Waals surface area contributed by atoms with Gasteiger partial charge in [0.1, 0.15) is 0 Å². The molecule has 1 atom stereocenters. The average molecular weight is 408 g/mol. The molecular weight excluding hydrogens is 352 g/mol. The second-order valence-corrected chi connectivity index (χ2v) is 10.0. The lowest BCUT2D eigenvalue weighted by atomic mass is 10.0. The van der Waals surface area contributed by atoms with E-state index in [1.165, 1.54) is 146 Å². The topological polar surface area (TPSA) is 3.24 Å². The van der Waals surface area contributed by atoms with Crippen molar-refractivity contribution >= 4 is 0 Å². The first-order valence-corrected chi connectivity index (χ1v) is 13.4. The van der Waals surface area contributed by atoms with Crippen LogP contribution < -0.4 is 0 Å². The van der Waals surface area contributed by atoms with Gasteiger partial charge in [-0.05, 0) is 19.0 Å². The summed E-state index contributed by atoms with van der Waals surface area (Å²) >= 11 is 0. The number of hydrogen-bond donors (Lipinski definition) is 0. The molecule has 0 amide bonds. The van der Waals surface area contributed by atoms with Crippen molar-refractivity contribution < 1.29 is 4.48 Å². The molecule has 1 heterocycles. The van der Waals surface area contributed by atoms with Gasteiger partial charge in [0.15, 0.2) is 0 Å². The van der Waals surface area contributed by atoms with Gasteiger partial charge >= 0.3 is 0 Å². The van der Waals surface area contributed by atoms with E-state index in [0.717, 1.165) is 6.54 Å². The predicted octanol–water partition coefficient (Wildman–Crippen LogP) is 7.59. The second-order valence-electron chi connectivity index (χ2n) is 10.0. The van der Waals surface area contributed by atoms with E-state index < -0.39 is 0 Å². The number of rotatable bonds is 19. The van der Waals surface area contributed by atoms with E-state index in [4.69, 9.17) is 0 Å². The highest BCUT2D eigenvalue weighted by molar-refractivity contribution is 4.69. The molecule has 172 valence electrons. The third kappa shape index (κ3) is 15.2. The maximum Gasteiger partial charge on any atom is 0.0969 e. The van der Waals surface area contributed by atoms with Gasteiger partial charge in [-0.2, -0.15) is 0 Å². The summed E-state index contributed by atoms with van der Waals surface area (Å²) in [6.07, 6.45) is 26.8. The maximum absolute atomic E-state index is 3.94. The summed E-state index contributed by atoms with van der Waals surface area (Å²) in [4.78, 5) is 2.72. The van der Waals surface area contributed by atoms with E-state index in [2.05, 4.69) is 31.5 Å². The van der Waals surface area contributed by atoms with Gasteiger partial charge in [0, 0.05) is 19.5 Å². The predicted molar refractivity (Wildman–Crippen MR) is 132 cm³/mol. The first kappa shape index (κ1) is 26.7. The lowest BCUT2D eigenvalue weighted by molar-refractivity contribution is -0.902. The fourth-order valence-electron chi connectivity index (χ4n) is 4.88. The molecular formula is C27H55N2+. The third-order valence-corrected chi connectivity index (χ3v) is 7.03. The average Bonchev–Trinajstić information content (AvgIpc) is 2.89. The largest absolute Gasteiger partial charge is 0.322 e. The lowest BCUT2D eigenvalue weighted by Crippen LogP contribution is -2.46. The first-order valence-electron chi connectivity index (χ1n) is 13.4. The van der Waals surface area contributed by atoms with Crippen LogP contribution >= 0.6 is 0 Å². The molecule has 1 unspecified atom stereocenters. The van der Waals surface area contributed by atoms with Crippen LogP contribution in [0.15, 0.2) is 12.7 Å². The van der Waals surface area contributed by atoms with Crippen LogP contribution in [-0.4, -0.2) is 55.7 Å². The molecule has 0 aromatic rings. The molecule has 1 aliphatic heterocycles. The van der Waals surface area contributed by atoms with Gasteiger partial charge in [0.25, 0.3) is 0 Å². The summed E-state index contributed by atoms with van der Waals surface area (Å²) in [6.45, 7) is 13.9. The van der Waals surface area contributed by atoms with Crippen LogP contribution in [0.1, 0.15) is 116 Å². The summed E-state index contributed by atoms with van der Waals surface area (Å²) in [6, 6.07) is 0. The molecule has 29 heavy (non-hydrogen) atoms. The van der Waals surface area contributed by atoms with E-state index >= 15 is 0 Å². The number of hydrogen-bond acceptors (Lipinski definition) is 1. The molecule has 0 aliphatic carbocycles. The number of likely N-dealkylation sites (N-methyl/N-ethyl adjacent to an activating group) is 1. The van der Waals surface area contributed by atoms with Crippen molar-refractivity contribution in [2.45, 2.75) is 116 Å². The summed E-state index contributed by atoms with van der Waals surface area (Å²) < 4.78 is 1.19. The lowest BCUT2D eigenvalue weighted by Gasteiger charge is -2.32. The van der Waals surface area contributed by atoms with E-state index in [1.807, 2.05) is 0 Å². The van der Waals surface area contributed by atoms with Crippen LogP contribution in [0.5, 0.6) is 0 Å². The number of unbranched alkanes of at least 4 members (excludes halogenated alkanes) is 15. The fourth-order valence-corrected chi connectivity index (χ4v) is 4.88. The van der Waals surface area contributed by atoms with Crippen molar-refractivity contribution in [3.05, 3.63) is 12.7 Å². The fraction of sp³-hybridized carbons (Fsp3) is 0.926. The zero-order valence-corrected chi connectivity index (χ0v) is 20.4. The van der Waals surface area contributed by atoms with Crippen LogP contribution in [0.3, 0.4) is 0 Å². The quantitative estimate of drug-likeness (QED) is 0.121. The van der Waals surface area contributed by atoms with E-state index in [0.29, 0.717) is 0 Å². The minimum absolute atomic E-state index is 1.13. The van der Waals surface area contributed by atoms with Crippen molar-refractivity contribution in [1.29, 1.82) is 0 Å². The van der Waals surface area contributed by atoms with Gasteiger partial charge in [-0.15, -0.1) is 0 Å². The van der Waals surface area contributed by atoms with E-state index in [-0.39, 0.29) is 0 Å². The Bertz CT molecular complexity index is 368. The van der Waals surface area contributed by atoms with Crippen molar-refractivity contribution in [2.24, 2.45) is 0 Å². The minimum Gasteiger partial charge on any atom is -0.322 e. The molecule has 0 bridgehead atoms. The van der Waals surface area contributed by atoms with E-state index in [1.54, 1.807) is 0 Å². The summed E-state index contributed by atoms with van der Waals surface area (Å²) in [5.74, 6) is 0. The Morgan fingerprint density at radius 1 is 0.690 bits per heavy atom. The third-order valence-electron chi connectivity index (χ3n) is 7.03. The van der Waals surface area contributed by atoms with Crippen LogP contribution in [0.2, 0.25) is 0 Å².